The number of benzene rings is 1. The Hall–Kier alpha value is -1.30. The Morgan fingerprint density at radius 3 is 2.08 bits per heavy atom. The molecule has 0 fully saturated rings. The van der Waals surface area contributed by atoms with E-state index in [-0.39, 0.29) is 0 Å². The molecule has 0 spiro atoms. The van der Waals surface area contributed by atoms with Crippen LogP contribution in [-0.2, 0) is 0 Å². The van der Waals surface area contributed by atoms with E-state index >= 15 is 0 Å². The number of hydrogen-bond donors (Lipinski definition) is 0. The first-order valence-electron chi connectivity index (χ1n) is 3.57. The van der Waals surface area contributed by atoms with E-state index in [0.29, 0.717) is 11.3 Å². The molecular formula is C8H4B3NO. The molecule has 0 aliphatic carbocycles. The highest BCUT2D eigenvalue weighted by molar-refractivity contribution is 6.58. The number of nitrogens with zero attached hydrogens (tertiary/aromatic N) is 1. The van der Waals surface area contributed by atoms with E-state index in [9.17, 15) is 0 Å². The van der Waals surface area contributed by atoms with Crippen LogP contribution < -0.4 is 4.74 Å². The highest BCUT2D eigenvalue weighted by atomic mass is 16.5. The molecule has 0 N–H and O–H groups in total. The van der Waals surface area contributed by atoms with E-state index in [0.717, 1.165) is 0 Å². The second-order valence-electron chi connectivity index (χ2n) is 2.59. The van der Waals surface area contributed by atoms with Crippen LogP contribution >= 0.6 is 0 Å². The summed E-state index contributed by atoms with van der Waals surface area (Å²) >= 11 is 0. The maximum Gasteiger partial charge on any atom is 0.116 e. The smallest absolute Gasteiger partial charge is 0.116 e. The van der Waals surface area contributed by atoms with Crippen LogP contribution in [-0.4, -0.2) is 28.8 Å². The normalized spacial score (nSPS) is 10.4. The molecule has 56 valence electrons. The van der Waals surface area contributed by atoms with Crippen LogP contribution in [0.1, 0.15) is 5.56 Å². The number of rotatable bonds is 2. The molecule has 0 unspecified atom stereocenters. The van der Waals surface area contributed by atoms with Gasteiger partial charge in [-0.3, -0.25) is 0 Å². The Morgan fingerprint density at radius 2 is 1.69 bits per heavy atom. The van der Waals surface area contributed by atoms with Gasteiger partial charge in [-0.25, -0.2) is 0 Å². The summed E-state index contributed by atoms with van der Waals surface area (Å²) < 4.78 is 4.93. The Bertz CT molecular complexity index is 323. The van der Waals surface area contributed by atoms with E-state index in [1.807, 2.05) is 6.07 Å². The SMILES string of the molecule is [B]C([B])([B])Oc1ccc(C#N)cc1. The Kier molecular flexibility index (Phi) is 2.72. The molecular weight excluding hydrogens is 159 g/mol. The zero-order valence-electron chi connectivity index (χ0n) is 6.90. The van der Waals surface area contributed by atoms with Crippen LogP contribution in [0, 0.1) is 11.3 Å². The molecule has 0 aliphatic heterocycles. The van der Waals surface area contributed by atoms with Gasteiger partial charge in [-0.1, -0.05) is 0 Å². The lowest BCUT2D eigenvalue weighted by Gasteiger charge is -2.22. The second-order valence-corrected chi connectivity index (χ2v) is 2.59. The zero-order chi connectivity index (χ0) is 9.90. The van der Waals surface area contributed by atoms with Gasteiger partial charge in [-0.2, -0.15) is 5.26 Å². The Labute approximate surface area is 81.1 Å². The van der Waals surface area contributed by atoms with Crippen LogP contribution in [0.3, 0.4) is 0 Å². The topological polar surface area (TPSA) is 33.0 Å². The molecule has 0 saturated heterocycles. The molecule has 5 heteroatoms. The van der Waals surface area contributed by atoms with Crippen molar-refractivity contribution in [1.29, 1.82) is 5.26 Å². The molecule has 1 aromatic rings. The summed E-state index contributed by atoms with van der Waals surface area (Å²) in [4.78, 5) is 0. The second kappa shape index (κ2) is 3.61. The zero-order valence-corrected chi connectivity index (χ0v) is 6.90. The van der Waals surface area contributed by atoms with E-state index in [1.165, 1.54) is 0 Å². The van der Waals surface area contributed by atoms with Crippen LogP contribution in [0.15, 0.2) is 24.3 Å². The van der Waals surface area contributed by atoms with E-state index in [2.05, 4.69) is 0 Å². The van der Waals surface area contributed by atoms with Crippen LogP contribution in [0.2, 0.25) is 0 Å². The van der Waals surface area contributed by atoms with Gasteiger partial charge in [0.1, 0.15) is 29.3 Å². The maximum atomic E-state index is 8.50. The van der Waals surface area contributed by atoms with E-state index < -0.39 is 5.30 Å². The average Bonchev–Trinajstić information content (AvgIpc) is 2.03. The van der Waals surface area contributed by atoms with E-state index in [1.54, 1.807) is 24.3 Å². The molecule has 1 aromatic carbocycles. The molecule has 0 heterocycles. The fraction of sp³-hybridized carbons (Fsp3) is 0.125. The summed E-state index contributed by atoms with van der Waals surface area (Å²) in [7, 11) is 15.6. The highest BCUT2D eigenvalue weighted by Crippen LogP contribution is 2.14. The summed E-state index contributed by atoms with van der Waals surface area (Å²) in [5.74, 6) is 0.423. The van der Waals surface area contributed by atoms with Gasteiger partial charge in [0.2, 0.25) is 0 Å². The van der Waals surface area contributed by atoms with Crippen molar-refractivity contribution < 1.29 is 4.74 Å². The largest absolute Gasteiger partial charge is 0.516 e. The maximum absolute atomic E-state index is 8.50. The first kappa shape index (κ1) is 9.79. The van der Waals surface area contributed by atoms with Gasteiger partial charge in [0, 0.05) is 0 Å². The molecule has 0 bridgehead atoms. The van der Waals surface area contributed by atoms with Crippen LogP contribution in [0.5, 0.6) is 5.75 Å². The first-order chi connectivity index (χ1) is 6.01. The minimum atomic E-state index is -1.69. The van der Waals surface area contributed by atoms with Crippen molar-refractivity contribution >= 4 is 23.5 Å². The van der Waals surface area contributed by atoms with Crippen molar-refractivity contribution in [2.24, 2.45) is 0 Å². The summed E-state index contributed by atoms with van der Waals surface area (Å²) in [5, 5.41) is 6.81. The fourth-order valence-corrected chi connectivity index (χ4v) is 0.802. The summed E-state index contributed by atoms with van der Waals surface area (Å²) in [5.41, 5.74) is 0.531. The summed E-state index contributed by atoms with van der Waals surface area (Å²) in [6, 6.07) is 8.28. The van der Waals surface area contributed by atoms with Gasteiger partial charge in [0.15, 0.2) is 0 Å². The number of ether oxygens (including phenoxy) is 1. The lowest BCUT2D eigenvalue weighted by molar-refractivity contribution is 0.318. The van der Waals surface area contributed by atoms with Crippen molar-refractivity contribution in [3.05, 3.63) is 29.8 Å². The molecule has 6 radical (unpaired) electrons. The van der Waals surface area contributed by atoms with Crippen molar-refractivity contribution in [2.45, 2.75) is 5.30 Å². The summed E-state index contributed by atoms with van der Waals surface area (Å²) in [6.45, 7) is 0. The molecule has 0 atom stereocenters. The molecule has 0 aromatic heterocycles. The molecule has 0 amide bonds. The highest BCUT2D eigenvalue weighted by Gasteiger charge is 2.09. The van der Waals surface area contributed by atoms with Gasteiger partial charge in [-0.05, 0) is 29.6 Å². The quantitative estimate of drug-likeness (QED) is 0.576. The minimum Gasteiger partial charge on any atom is -0.516 e. The number of hydrogen-bond acceptors (Lipinski definition) is 2. The fourth-order valence-electron chi connectivity index (χ4n) is 0.802. The third-order valence-electron chi connectivity index (χ3n) is 1.28. The van der Waals surface area contributed by atoms with Crippen molar-refractivity contribution in [1.82, 2.24) is 0 Å². The predicted octanol–water partition coefficient (Wildman–Crippen LogP) is 0.0539. The van der Waals surface area contributed by atoms with Gasteiger partial charge >= 0.3 is 0 Å². The average molecular weight is 163 g/mol. The Morgan fingerprint density at radius 1 is 1.15 bits per heavy atom. The molecule has 1 rings (SSSR count). The lowest BCUT2D eigenvalue weighted by Crippen LogP contribution is -2.37. The first-order valence-corrected chi connectivity index (χ1v) is 3.57. The minimum absolute atomic E-state index is 0.423. The van der Waals surface area contributed by atoms with Crippen molar-refractivity contribution in [2.75, 3.05) is 0 Å². The van der Waals surface area contributed by atoms with Crippen LogP contribution in [0.25, 0.3) is 0 Å². The Balaban J connectivity index is 2.77. The molecule has 0 aliphatic rings. The third kappa shape index (κ3) is 3.29. The predicted molar refractivity (Wildman–Crippen MR) is 51.8 cm³/mol. The lowest BCUT2D eigenvalue weighted by atomic mass is 9.52. The molecule has 0 saturated carbocycles. The van der Waals surface area contributed by atoms with Crippen LogP contribution in [0.4, 0.5) is 0 Å². The van der Waals surface area contributed by atoms with Gasteiger partial charge in [0.05, 0.1) is 11.6 Å². The standard InChI is InChI=1S/C8H4B3NO/c9-8(10,11)13-7-3-1-6(5-12)2-4-7/h1-4H. The summed E-state index contributed by atoms with van der Waals surface area (Å²) in [6.07, 6.45) is 0. The van der Waals surface area contributed by atoms with Gasteiger partial charge in [-0.15, -0.1) is 0 Å². The van der Waals surface area contributed by atoms with E-state index in [4.69, 9.17) is 33.5 Å². The van der Waals surface area contributed by atoms with Gasteiger partial charge < -0.3 is 4.74 Å². The third-order valence-corrected chi connectivity index (χ3v) is 1.28. The van der Waals surface area contributed by atoms with Crippen molar-refractivity contribution in [3.8, 4) is 11.8 Å². The monoisotopic (exact) mass is 163 g/mol. The molecule has 2 nitrogen and oxygen atoms in total. The number of nitriles is 1. The van der Waals surface area contributed by atoms with Gasteiger partial charge in [0.25, 0.3) is 0 Å². The molecule has 13 heavy (non-hydrogen) atoms. The van der Waals surface area contributed by atoms with Crippen molar-refractivity contribution in [3.63, 3.8) is 0 Å².